The van der Waals surface area contributed by atoms with Gasteiger partial charge in [0.1, 0.15) is 0 Å². The third kappa shape index (κ3) is 3.05. The fraction of sp³-hybridized carbons (Fsp3) is 0. The largest absolute Gasteiger partial charge is 1.00 e. The van der Waals surface area contributed by atoms with Crippen molar-refractivity contribution in [2.75, 3.05) is 0 Å². The molecule has 0 fully saturated rings. The van der Waals surface area contributed by atoms with Crippen LogP contribution in [0.4, 0.5) is 0 Å². The molecule has 0 saturated carbocycles. The molecule has 8 heavy (non-hydrogen) atoms. The van der Waals surface area contributed by atoms with Crippen LogP contribution in [0.2, 0.25) is 0 Å². The summed E-state index contributed by atoms with van der Waals surface area (Å²) < 4.78 is 0. The Morgan fingerprint density at radius 2 is 1.50 bits per heavy atom. The maximum atomic E-state index is 2.19. The first-order valence-corrected chi connectivity index (χ1v) is 1.91. The molecular formula is C6H8BK. The van der Waals surface area contributed by atoms with Crippen LogP contribution in [-0.2, 0) is 0 Å². The Morgan fingerprint density at radius 1 is 1.00 bits per heavy atom. The van der Waals surface area contributed by atoms with Crippen LogP contribution in [0, 0.1) is 0 Å². The molecule has 0 unspecified atom stereocenters. The normalized spacial score (nSPS) is 7.62. The maximum absolute atomic E-state index is 2.19. The van der Waals surface area contributed by atoms with Crippen molar-refractivity contribution in [3.05, 3.63) is 30.3 Å². The van der Waals surface area contributed by atoms with E-state index >= 15 is 0 Å². The van der Waals surface area contributed by atoms with Crippen molar-refractivity contribution < 1.29 is 51.4 Å². The van der Waals surface area contributed by atoms with Crippen molar-refractivity contribution in [1.29, 1.82) is 0 Å². The van der Waals surface area contributed by atoms with Crippen LogP contribution in [0.1, 0.15) is 0 Å². The minimum Gasteiger partial charge on any atom is -0.221 e. The van der Waals surface area contributed by atoms with E-state index in [9.17, 15) is 0 Å². The summed E-state index contributed by atoms with van der Waals surface area (Å²) in [7, 11) is 0.446. The maximum Gasteiger partial charge on any atom is 1.00 e. The Balaban J connectivity index is 0.000000490. The van der Waals surface area contributed by atoms with Crippen molar-refractivity contribution in [3.63, 3.8) is 0 Å². The molecule has 2 heteroatoms. The van der Waals surface area contributed by atoms with E-state index in [1.165, 1.54) is 0 Å². The van der Waals surface area contributed by atoms with Crippen molar-refractivity contribution in [3.8, 4) is 0 Å². The zero-order chi connectivity index (χ0) is 5.11. The molecule has 0 heterocycles. The van der Waals surface area contributed by atoms with E-state index in [2.05, 4.69) is 30.3 Å². The molecule has 0 radical (unpaired) electrons. The van der Waals surface area contributed by atoms with Crippen molar-refractivity contribution in [1.82, 2.24) is 0 Å². The molecule has 0 saturated heterocycles. The van der Waals surface area contributed by atoms with Gasteiger partial charge in [0.25, 0.3) is 0 Å². The molecule has 1 aromatic rings. The Hall–Kier alpha value is 0.921. The molecular weight excluding hydrogens is 122 g/mol. The van der Waals surface area contributed by atoms with Crippen LogP contribution >= 0.6 is 0 Å². The smallest absolute Gasteiger partial charge is 0.221 e. The summed E-state index contributed by atoms with van der Waals surface area (Å²) in [4.78, 5) is 0. The van der Waals surface area contributed by atoms with Crippen molar-refractivity contribution >= 4 is 13.3 Å². The van der Waals surface area contributed by atoms with Gasteiger partial charge in [0.2, 0.25) is 0 Å². The van der Waals surface area contributed by atoms with Gasteiger partial charge >= 0.3 is 51.4 Å². The predicted molar refractivity (Wildman–Crippen MR) is 36.0 cm³/mol. The second-order valence-electron chi connectivity index (χ2n) is 1.08. The summed E-state index contributed by atoms with van der Waals surface area (Å²) in [6, 6.07) is 10.6. The van der Waals surface area contributed by atoms with Crippen molar-refractivity contribution in [2.45, 2.75) is 0 Å². The molecule has 1 aromatic carbocycles. The van der Waals surface area contributed by atoms with Crippen LogP contribution in [-0.4, -0.2) is 7.85 Å². The zero-order valence-corrected chi connectivity index (χ0v) is 7.51. The molecule has 0 aliphatic heterocycles. The van der Waals surface area contributed by atoms with E-state index in [1.807, 2.05) is 0 Å². The molecule has 0 bridgehead atoms. The Labute approximate surface area is 93.5 Å². The van der Waals surface area contributed by atoms with E-state index in [0.29, 0.717) is 7.85 Å². The Bertz CT molecular complexity index is 138. The Morgan fingerprint density at radius 3 is 1.75 bits per heavy atom. The summed E-state index contributed by atoms with van der Waals surface area (Å²) in [5, 5.41) is 0. The van der Waals surface area contributed by atoms with Gasteiger partial charge in [-0.25, -0.2) is 5.46 Å². The van der Waals surface area contributed by atoms with Crippen LogP contribution in [0.15, 0.2) is 30.3 Å². The van der Waals surface area contributed by atoms with Gasteiger partial charge in [0, 0.05) is 0 Å². The van der Waals surface area contributed by atoms with E-state index in [4.69, 9.17) is 0 Å². The number of benzene rings is 1. The summed E-state index contributed by atoms with van der Waals surface area (Å²) in [6.07, 6.45) is 0. The second-order valence-corrected chi connectivity index (χ2v) is 1.08. The van der Waals surface area contributed by atoms with Gasteiger partial charge in [0.15, 0.2) is 0 Å². The Kier molecular flexibility index (Phi) is 5.32. The van der Waals surface area contributed by atoms with Gasteiger partial charge in [-0.2, -0.15) is 0 Å². The van der Waals surface area contributed by atoms with Gasteiger partial charge in [-0.3, -0.25) is 0 Å². The molecule has 0 aromatic heterocycles. The molecule has 0 amide bonds. The average molecular weight is 130 g/mol. The van der Waals surface area contributed by atoms with Gasteiger partial charge in [0.05, 0.1) is 0 Å². The molecule has 0 N–H and O–H groups in total. The van der Waals surface area contributed by atoms with Gasteiger partial charge in [-0.1, -0.05) is 30.3 Å². The van der Waals surface area contributed by atoms with Crippen molar-refractivity contribution in [2.24, 2.45) is 0 Å². The van der Waals surface area contributed by atoms with E-state index in [1.54, 1.807) is 5.46 Å². The van der Waals surface area contributed by atoms with Gasteiger partial charge in [-0.15, -0.1) is 0 Å². The first kappa shape index (κ1) is 8.92. The summed E-state index contributed by atoms with van der Waals surface area (Å²) >= 11 is 0. The van der Waals surface area contributed by atoms with Gasteiger partial charge < -0.3 is 0 Å². The van der Waals surface area contributed by atoms with Crippen LogP contribution in [0.25, 0.3) is 0 Å². The van der Waals surface area contributed by atoms with Gasteiger partial charge in [-0.05, 0) is 7.85 Å². The van der Waals surface area contributed by atoms with Crippen LogP contribution in [0.3, 0.4) is 0 Å². The standard InChI is InChI=1S/C6H8B.K/c7-6-4-2-1-3-5-6;/h1-5H,7H3;/q-1;+1. The van der Waals surface area contributed by atoms with E-state index in [0.717, 1.165) is 0 Å². The average Bonchev–Trinajstić information content (AvgIpc) is 1.69. The SMILES string of the molecule is [BH3-]c1ccccc1.[K+]. The molecule has 0 aliphatic rings. The third-order valence-corrected chi connectivity index (χ3v) is 0.607. The number of hydrogen-bond donors (Lipinski definition) is 0. The second kappa shape index (κ2) is 4.77. The minimum atomic E-state index is 0. The molecule has 0 atom stereocenters. The fourth-order valence-electron chi connectivity index (χ4n) is 0.342. The molecule has 36 valence electrons. The number of rotatable bonds is 0. The molecule has 0 nitrogen and oxygen atoms in total. The molecule has 0 spiro atoms. The summed E-state index contributed by atoms with van der Waals surface area (Å²) in [6.45, 7) is 0. The predicted octanol–water partition coefficient (Wildman–Crippen LogP) is -3.32. The topological polar surface area (TPSA) is 0 Å². The first-order chi connectivity index (χ1) is 3.39. The van der Waals surface area contributed by atoms with Crippen LogP contribution in [0.5, 0.6) is 0 Å². The summed E-state index contributed by atoms with van der Waals surface area (Å²) in [5.41, 5.74) is 1.57. The monoisotopic (exact) mass is 130 g/mol. The molecule has 1 rings (SSSR count). The first-order valence-electron chi connectivity index (χ1n) is 1.91. The van der Waals surface area contributed by atoms with Crippen LogP contribution < -0.4 is 56.8 Å². The minimum absolute atomic E-state index is 0. The van der Waals surface area contributed by atoms with E-state index < -0.39 is 0 Å². The fourth-order valence-corrected chi connectivity index (χ4v) is 0.342. The van der Waals surface area contributed by atoms with E-state index in [-0.39, 0.29) is 51.4 Å². The zero-order valence-electron chi connectivity index (χ0n) is 4.39. The summed E-state index contributed by atoms with van der Waals surface area (Å²) in [5.74, 6) is 0. The number of hydrogen-bond acceptors (Lipinski definition) is 0. The molecule has 0 aliphatic carbocycles. The quantitative estimate of drug-likeness (QED) is 0.322. The third-order valence-electron chi connectivity index (χ3n) is 0.607.